The number of nitrogens with one attached hydrogen (secondary N) is 2. The van der Waals surface area contributed by atoms with Crippen molar-refractivity contribution < 1.29 is 4.79 Å². The van der Waals surface area contributed by atoms with Gasteiger partial charge in [-0.3, -0.25) is 4.68 Å². The minimum Gasteiger partial charge on any atom is -0.382 e. The first-order valence-electron chi connectivity index (χ1n) is 5.40. The first-order valence-corrected chi connectivity index (χ1v) is 5.40. The van der Waals surface area contributed by atoms with E-state index in [2.05, 4.69) is 22.7 Å². The lowest BCUT2D eigenvalue weighted by Gasteiger charge is -2.06. The average molecular weight is 225 g/mol. The van der Waals surface area contributed by atoms with Crippen LogP contribution in [0.1, 0.15) is 25.5 Å². The van der Waals surface area contributed by atoms with Crippen LogP contribution in [0.4, 0.5) is 16.3 Å². The van der Waals surface area contributed by atoms with E-state index in [9.17, 15) is 4.79 Å². The second-order valence-corrected chi connectivity index (χ2v) is 3.70. The molecule has 1 aromatic heterocycles. The predicted molar refractivity (Wildman–Crippen MR) is 64.3 cm³/mol. The highest BCUT2D eigenvalue weighted by molar-refractivity contribution is 5.92. The van der Waals surface area contributed by atoms with Crippen molar-refractivity contribution >= 4 is 17.5 Å². The molecule has 0 radical (unpaired) electrons. The van der Waals surface area contributed by atoms with Crippen LogP contribution >= 0.6 is 0 Å². The number of nitrogen functional groups attached to an aromatic ring is 1. The summed E-state index contributed by atoms with van der Waals surface area (Å²) < 4.78 is 1.54. The number of aromatic nitrogens is 2. The van der Waals surface area contributed by atoms with Crippen molar-refractivity contribution in [3.8, 4) is 0 Å². The Morgan fingerprint density at radius 1 is 1.56 bits per heavy atom. The fourth-order valence-electron chi connectivity index (χ4n) is 1.37. The normalized spacial score (nSPS) is 10.2. The summed E-state index contributed by atoms with van der Waals surface area (Å²) in [5.74, 6) is 0.461. The van der Waals surface area contributed by atoms with E-state index in [1.165, 1.54) is 4.68 Å². The molecule has 0 unspecified atom stereocenters. The van der Waals surface area contributed by atoms with Crippen molar-refractivity contribution in [3.63, 3.8) is 0 Å². The van der Waals surface area contributed by atoms with Crippen molar-refractivity contribution in [1.82, 2.24) is 15.1 Å². The molecule has 0 saturated heterocycles. The molecule has 1 heterocycles. The maximum absolute atomic E-state index is 11.5. The van der Waals surface area contributed by atoms with Gasteiger partial charge in [0, 0.05) is 13.6 Å². The Bertz CT molecular complexity index is 372. The van der Waals surface area contributed by atoms with Crippen LogP contribution in [-0.4, -0.2) is 22.4 Å². The van der Waals surface area contributed by atoms with E-state index < -0.39 is 0 Å². The molecule has 0 atom stereocenters. The number of urea groups is 1. The number of rotatable bonds is 4. The third-order valence-electron chi connectivity index (χ3n) is 2.32. The van der Waals surface area contributed by atoms with Crippen molar-refractivity contribution in [3.05, 3.63) is 5.69 Å². The summed E-state index contributed by atoms with van der Waals surface area (Å²) in [5.41, 5.74) is 7.06. The Morgan fingerprint density at radius 2 is 2.25 bits per heavy atom. The van der Waals surface area contributed by atoms with E-state index in [-0.39, 0.29) is 6.03 Å². The lowest BCUT2D eigenvalue weighted by Crippen LogP contribution is -2.29. The van der Waals surface area contributed by atoms with Gasteiger partial charge in [-0.2, -0.15) is 5.10 Å². The van der Waals surface area contributed by atoms with E-state index in [1.54, 1.807) is 14.0 Å². The molecule has 6 heteroatoms. The number of nitrogens with two attached hydrogens (primary N) is 1. The molecule has 2 amide bonds. The van der Waals surface area contributed by atoms with Crippen LogP contribution in [0, 0.1) is 6.92 Å². The zero-order valence-corrected chi connectivity index (χ0v) is 10.0. The van der Waals surface area contributed by atoms with Gasteiger partial charge in [0.15, 0.2) is 0 Å². The molecule has 0 fully saturated rings. The van der Waals surface area contributed by atoms with Gasteiger partial charge in [0.1, 0.15) is 11.5 Å². The zero-order valence-electron chi connectivity index (χ0n) is 10.0. The molecule has 0 aliphatic carbocycles. The molecule has 0 spiro atoms. The van der Waals surface area contributed by atoms with Crippen molar-refractivity contribution in [1.29, 1.82) is 0 Å². The van der Waals surface area contributed by atoms with Gasteiger partial charge in [-0.1, -0.05) is 13.3 Å². The summed E-state index contributed by atoms with van der Waals surface area (Å²) in [6.07, 6.45) is 2.02. The SMILES string of the molecule is CCCCNC(=O)Nc1c(C)nn(C)c1N. The monoisotopic (exact) mass is 225 g/mol. The van der Waals surface area contributed by atoms with Crippen LogP contribution < -0.4 is 16.4 Å². The van der Waals surface area contributed by atoms with E-state index in [0.29, 0.717) is 23.7 Å². The first kappa shape index (κ1) is 12.4. The van der Waals surface area contributed by atoms with Gasteiger partial charge < -0.3 is 16.4 Å². The molecular formula is C10H19N5O. The van der Waals surface area contributed by atoms with Crippen LogP contribution in [0.2, 0.25) is 0 Å². The summed E-state index contributed by atoms with van der Waals surface area (Å²) in [7, 11) is 1.74. The van der Waals surface area contributed by atoms with Gasteiger partial charge in [0.2, 0.25) is 0 Å². The molecule has 0 aliphatic heterocycles. The van der Waals surface area contributed by atoms with E-state index in [1.807, 2.05) is 0 Å². The number of aryl methyl sites for hydroxylation is 2. The van der Waals surface area contributed by atoms with Crippen LogP contribution in [-0.2, 0) is 7.05 Å². The van der Waals surface area contributed by atoms with Crippen LogP contribution in [0.3, 0.4) is 0 Å². The summed E-state index contributed by atoms with van der Waals surface area (Å²) in [4.78, 5) is 11.5. The lowest BCUT2D eigenvalue weighted by molar-refractivity contribution is 0.252. The Morgan fingerprint density at radius 3 is 2.75 bits per heavy atom. The molecule has 0 saturated carbocycles. The van der Waals surface area contributed by atoms with Gasteiger partial charge in [0.25, 0.3) is 0 Å². The largest absolute Gasteiger partial charge is 0.382 e. The Balaban J connectivity index is 2.56. The topological polar surface area (TPSA) is 85.0 Å². The summed E-state index contributed by atoms with van der Waals surface area (Å²) >= 11 is 0. The third-order valence-corrected chi connectivity index (χ3v) is 2.32. The lowest BCUT2D eigenvalue weighted by atomic mass is 10.3. The molecule has 0 aliphatic rings. The molecule has 0 aromatic carbocycles. The number of anilines is 2. The van der Waals surface area contributed by atoms with Gasteiger partial charge in [-0.05, 0) is 13.3 Å². The number of nitrogens with zero attached hydrogens (tertiary/aromatic N) is 2. The molecule has 0 bridgehead atoms. The molecule has 90 valence electrons. The molecule has 1 rings (SSSR count). The fraction of sp³-hybridized carbons (Fsp3) is 0.600. The minimum atomic E-state index is -0.240. The summed E-state index contributed by atoms with van der Waals surface area (Å²) in [5, 5.41) is 9.56. The Hall–Kier alpha value is -1.72. The zero-order chi connectivity index (χ0) is 12.1. The second kappa shape index (κ2) is 5.39. The number of carbonyl (C=O) groups is 1. The quantitative estimate of drug-likeness (QED) is 0.674. The van der Waals surface area contributed by atoms with Crippen LogP contribution in [0.25, 0.3) is 0 Å². The van der Waals surface area contributed by atoms with Crippen molar-refractivity contribution in [2.24, 2.45) is 7.05 Å². The van der Waals surface area contributed by atoms with Gasteiger partial charge in [-0.25, -0.2) is 4.79 Å². The maximum atomic E-state index is 11.5. The molecule has 6 nitrogen and oxygen atoms in total. The highest BCUT2D eigenvalue weighted by atomic mass is 16.2. The number of hydrogen-bond acceptors (Lipinski definition) is 3. The molecule has 1 aromatic rings. The van der Waals surface area contributed by atoms with E-state index >= 15 is 0 Å². The number of amides is 2. The standard InChI is InChI=1S/C10H19N5O/c1-4-5-6-12-10(16)13-8-7(2)14-15(3)9(8)11/h4-6,11H2,1-3H3,(H2,12,13,16). The minimum absolute atomic E-state index is 0.240. The highest BCUT2D eigenvalue weighted by Gasteiger charge is 2.12. The van der Waals surface area contributed by atoms with Crippen molar-refractivity contribution in [2.75, 3.05) is 17.6 Å². The fourth-order valence-corrected chi connectivity index (χ4v) is 1.37. The number of unbranched alkanes of at least 4 members (excludes halogenated alkanes) is 1. The van der Waals surface area contributed by atoms with Crippen molar-refractivity contribution in [2.45, 2.75) is 26.7 Å². The summed E-state index contributed by atoms with van der Waals surface area (Å²) in [6, 6.07) is -0.240. The van der Waals surface area contributed by atoms with Gasteiger partial charge in [-0.15, -0.1) is 0 Å². The van der Waals surface area contributed by atoms with Gasteiger partial charge >= 0.3 is 6.03 Å². The Kier molecular flexibility index (Phi) is 4.16. The maximum Gasteiger partial charge on any atom is 0.319 e. The third kappa shape index (κ3) is 2.88. The predicted octanol–water partition coefficient (Wildman–Crippen LogP) is 1.23. The highest BCUT2D eigenvalue weighted by Crippen LogP contribution is 2.21. The van der Waals surface area contributed by atoms with E-state index in [4.69, 9.17) is 5.73 Å². The molecule has 16 heavy (non-hydrogen) atoms. The van der Waals surface area contributed by atoms with Gasteiger partial charge in [0.05, 0.1) is 5.69 Å². The van der Waals surface area contributed by atoms with E-state index in [0.717, 1.165) is 12.8 Å². The molecular weight excluding hydrogens is 206 g/mol. The van der Waals surface area contributed by atoms with Crippen LogP contribution in [0.5, 0.6) is 0 Å². The summed E-state index contributed by atoms with van der Waals surface area (Å²) in [6.45, 7) is 4.54. The van der Waals surface area contributed by atoms with Crippen LogP contribution in [0.15, 0.2) is 0 Å². The molecule has 4 N–H and O–H groups in total. The number of carbonyl (C=O) groups excluding carboxylic acids is 1. The first-order chi connectivity index (χ1) is 7.56. The average Bonchev–Trinajstić information content (AvgIpc) is 2.46. The Labute approximate surface area is 95.2 Å². The smallest absolute Gasteiger partial charge is 0.319 e. The second-order valence-electron chi connectivity index (χ2n) is 3.70. The number of hydrogen-bond donors (Lipinski definition) is 3.